The van der Waals surface area contributed by atoms with Gasteiger partial charge in [0.1, 0.15) is 16.9 Å². The number of nitrogens with zero attached hydrogens (tertiary/aromatic N) is 4. The van der Waals surface area contributed by atoms with Gasteiger partial charge in [-0.25, -0.2) is 19.7 Å². The van der Waals surface area contributed by atoms with Gasteiger partial charge in [-0.15, -0.1) is 11.3 Å². The predicted octanol–water partition coefficient (Wildman–Crippen LogP) is 5.08. The number of fused-ring (bicyclic) bond motifs is 4. The third-order valence-corrected chi connectivity index (χ3v) is 8.11. The van der Waals surface area contributed by atoms with Crippen molar-refractivity contribution >= 4 is 38.7 Å². The Hall–Kier alpha value is -3.50. The van der Waals surface area contributed by atoms with Crippen LogP contribution in [-0.2, 0) is 11.2 Å². The van der Waals surface area contributed by atoms with Gasteiger partial charge in [-0.05, 0) is 56.0 Å². The van der Waals surface area contributed by atoms with E-state index in [9.17, 15) is 9.90 Å². The standard InChI is InChI=1S/C27H28N4O5S/c1-15-9-19(24-21(10-15)29-23(34-2)12-28-24)26-30-20-6-7-22-18(25(20)37-26)11-17(36-22)14-31(27(32)33)13-16-5-3-4-8-35-16/h6-7,9-10,12,16-17H,3-5,8,11,13-14H2,1-2H3,(H,32,33)/t16?,17-/m0/s1. The number of aromatic nitrogens is 3. The molecule has 2 aromatic heterocycles. The quantitative estimate of drug-likeness (QED) is 0.375. The number of rotatable bonds is 6. The highest BCUT2D eigenvalue weighted by molar-refractivity contribution is 7.22. The predicted molar refractivity (Wildman–Crippen MR) is 141 cm³/mol. The summed E-state index contributed by atoms with van der Waals surface area (Å²) in [5.41, 5.74) is 5.50. The number of benzene rings is 2. The van der Waals surface area contributed by atoms with Crippen molar-refractivity contribution in [2.45, 2.75) is 44.8 Å². The highest BCUT2D eigenvalue weighted by atomic mass is 32.1. The minimum atomic E-state index is -0.942. The molecular formula is C27H28N4O5S. The normalized spacial score (nSPS) is 19.1. The highest BCUT2D eigenvalue weighted by Crippen LogP contribution is 2.41. The Kier molecular flexibility index (Phi) is 6.29. The Bertz CT molecular complexity index is 1480. The van der Waals surface area contributed by atoms with E-state index in [-0.39, 0.29) is 12.2 Å². The van der Waals surface area contributed by atoms with Gasteiger partial charge >= 0.3 is 6.09 Å². The molecule has 192 valence electrons. The number of aryl methyl sites for hydroxylation is 1. The Balaban J connectivity index is 1.28. The molecule has 4 heterocycles. The molecule has 1 N–H and O–H groups in total. The molecule has 2 aliphatic heterocycles. The lowest BCUT2D eigenvalue weighted by atomic mass is 10.1. The molecule has 1 unspecified atom stereocenters. The molecule has 0 radical (unpaired) electrons. The summed E-state index contributed by atoms with van der Waals surface area (Å²) in [5, 5.41) is 10.7. The van der Waals surface area contributed by atoms with Gasteiger partial charge in [-0.2, -0.15) is 0 Å². The first kappa shape index (κ1) is 23.9. The van der Waals surface area contributed by atoms with E-state index in [0.29, 0.717) is 32.0 Å². The van der Waals surface area contributed by atoms with Gasteiger partial charge in [0.15, 0.2) is 0 Å². The maximum absolute atomic E-state index is 12.0. The van der Waals surface area contributed by atoms with E-state index >= 15 is 0 Å². The van der Waals surface area contributed by atoms with Crippen LogP contribution in [0.15, 0.2) is 30.5 Å². The van der Waals surface area contributed by atoms with Crippen LogP contribution in [0.4, 0.5) is 4.79 Å². The topological polar surface area (TPSA) is 107 Å². The van der Waals surface area contributed by atoms with Gasteiger partial charge in [-0.1, -0.05) is 0 Å². The van der Waals surface area contributed by atoms with E-state index < -0.39 is 6.09 Å². The first-order chi connectivity index (χ1) is 18.0. The van der Waals surface area contributed by atoms with Crippen LogP contribution in [0.1, 0.15) is 30.4 Å². The molecule has 37 heavy (non-hydrogen) atoms. The third kappa shape index (κ3) is 4.67. The Morgan fingerprint density at radius 3 is 2.84 bits per heavy atom. The summed E-state index contributed by atoms with van der Waals surface area (Å²) in [6, 6.07) is 7.98. The van der Waals surface area contributed by atoms with Crippen LogP contribution in [0, 0.1) is 6.92 Å². The maximum Gasteiger partial charge on any atom is 0.407 e. The Morgan fingerprint density at radius 1 is 1.19 bits per heavy atom. The zero-order chi connectivity index (χ0) is 25.5. The maximum atomic E-state index is 12.0. The molecule has 1 fully saturated rings. The average Bonchev–Trinajstić information content (AvgIpc) is 3.51. The zero-order valence-corrected chi connectivity index (χ0v) is 21.6. The number of methoxy groups -OCH3 is 1. The van der Waals surface area contributed by atoms with Gasteiger partial charge in [0.05, 0.1) is 53.8 Å². The zero-order valence-electron chi connectivity index (χ0n) is 20.8. The molecule has 2 aromatic carbocycles. The second-order valence-electron chi connectivity index (χ2n) is 9.62. The van der Waals surface area contributed by atoms with Crippen molar-refractivity contribution in [2.75, 3.05) is 26.8 Å². The lowest BCUT2D eigenvalue weighted by Gasteiger charge is -2.29. The largest absolute Gasteiger partial charge is 0.488 e. The summed E-state index contributed by atoms with van der Waals surface area (Å²) >= 11 is 1.60. The average molecular weight is 521 g/mol. The summed E-state index contributed by atoms with van der Waals surface area (Å²) in [6.07, 6.45) is 4.03. The van der Waals surface area contributed by atoms with Gasteiger partial charge in [0, 0.05) is 24.2 Å². The first-order valence-electron chi connectivity index (χ1n) is 12.5. The molecular weight excluding hydrogens is 492 g/mol. The van der Waals surface area contributed by atoms with E-state index in [1.165, 1.54) is 4.90 Å². The molecule has 9 nitrogen and oxygen atoms in total. The SMILES string of the molecule is COc1cnc2c(-c3nc4ccc5c(c4s3)C[C@@H](CN(CC3CCCCO3)C(=O)O)O5)cc(C)cc2n1. The monoisotopic (exact) mass is 520 g/mol. The fourth-order valence-corrected chi connectivity index (χ4v) is 6.31. The van der Waals surface area contributed by atoms with Crippen molar-refractivity contribution in [3.8, 4) is 22.2 Å². The van der Waals surface area contributed by atoms with Gasteiger partial charge in [-0.3, -0.25) is 0 Å². The Labute approximate surface area is 218 Å². The molecule has 0 spiro atoms. The van der Waals surface area contributed by atoms with Crippen molar-refractivity contribution in [2.24, 2.45) is 0 Å². The van der Waals surface area contributed by atoms with Crippen LogP contribution in [0.5, 0.6) is 11.6 Å². The lowest BCUT2D eigenvalue weighted by molar-refractivity contribution is -0.00765. The third-order valence-electron chi connectivity index (χ3n) is 6.94. The van der Waals surface area contributed by atoms with E-state index in [4.69, 9.17) is 19.2 Å². The van der Waals surface area contributed by atoms with Crippen LogP contribution in [0.25, 0.3) is 31.8 Å². The molecule has 0 aliphatic carbocycles. The molecule has 6 rings (SSSR count). The van der Waals surface area contributed by atoms with Crippen LogP contribution < -0.4 is 9.47 Å². The van der Waals surface area contributed by atoms with E-state index in [1.54, 1.807) is 24.6 Å². The summed E-state index contributed by atoms with van der Waals surface area (Å²) in [6.45, 7) is 3.40. The van der Waals surface area contributed by atoms with Crippen molar-refractivity contribution in [1.29, 1.82) is 0 Å². The number of amides is 1. The van der Waals surface area contributed by atoms with Crippen molar-refractivity contribution in [1.82, 2.24) is 19.9 Å². The number of carbonyl (C=O) groups is 1. The second-order valence-corrected chi connectivity index (χ2v) is 10.6. The van der Waals surface area contributed by atoms with Crippen LogP contribution in [0.3, 0.4) is 0 Å². The van der Waals surface area contributed by atoms with Gasteiger partial charge < -0.3 is 24.2 Å². The number of carboxylic acid groups (broad SMARTS) is 1. The summed E-state index contributed by atoms with van der Waals surface area (Å²) in [4.78, 5) is 27.5. The van der Waals surface area contributed by atoms with Crippen molar-refractivity contribution in [3.63, 3.8) is 0 Å². The summed E-state index contributed by atoms with van der Waals surface area (Å²) < 4.78 is 18.3. The van der Waals surface area contributed by atoms with E-state index in [1.807, 2.05) is 25.1 Å². The molecule has 1 amide bonds. The lowest BCUT2D eigenvalue weighted by Crippen LogP contribution is -2.44. The molecule has 10 heteroatoms. The summed E-state index contributed by atoms with van der Waals surface area (Å²) in [5.74, 6) is 1.27. The molecule has 4 aromatic rings. The van der Waals surface area contributed by atoms with Gasteiger partial charge in [0.2, 0.25) is 5.88 Å². The van der Waals surface area contributed by atoms with Crippen molar-refractivity contribution in [3.05, 3.63) is 41.6 Å². The first-order valence-corrected chi connectivity index (χ1v) is 13.3. The molecule has 0 bridgehead atoms. The van der Waals surface area contributed by atoms with Gasteiger partial charge in [0.25, 0.3) is 0 Å². The second kappa shape index (κ2) is 9.75. The van der Waals surface area contributed by atoms with E-state index in [2.05, 4.69) is 16.0 Å². The minimum Gasteiger partial charge on any atom is -0.488 e. The van der Waals surface area contributed by atoms with E-state index in [0.717, 1.165) is 68.0 Å². The van der Waals surface area contributed by atoms with Crippen LogP contribution in [0.2, 0.25) is 0 Å². The number of hydrogen-bond donors (Lipinski definition) is 1. The number of thiazole rings is 1. The highest BCUT2D eigenvalue weighted by Gasteiger charge is 2.31. The number of ether oxygens (including phenoxy) is 3. The van der Waals surface area contributed by atoms with Crippen molar-refractivity contribution < 1.29 is 24.1 Å². The fourth-order valence-electron chi connectivity index (χ4n) is 5.18. The molecule has 2 aliphatic rings. The minimum absolute atomic E-state index is 0.0448. The smallest absolute Gasteiger partial charge is 0.407 e. The molecule has 0 saturated carbocycles. The summed E-state index contributed by atoms with van der Waals surface area (Å²) in [7, 11) is 1.58. The molecule has 2 atom stereocenters. The van der Waals surface area contributed by atoms with Crippen LogP contribution >= 0.6 is 11.3 Å². The van der Waals surface area contributed by atoms with Crippen LogP contribution in [-0.4, -0.2) is 70.1 Å². The fraction of sp³-hybridized carbons (Fsp3) is 0.407. The molecule has 1 saturated heterocycles. The Morgan fingerprint density at radius 2 is 2.05 bits per heavy atom. The number of hydrogen-bond acceptors (Lipinski definition) is 8.